The molecule has 1 unspecified atom stereocenters. The van der Waals surface area contributed by atoms with E-state index >= 15 is 0 Å². The largest absolute Gasteiger partial charge is 0.349 e. The number of rotatable bonds is 4. The van der Waals surface area contributed by atoms with Crippen LogP contribution in [0.2, 0.25) is 0 Å². The molecule has 1 saturated heterocycles. The monoisotopic (exact) mass is 288 g/mol. The number of hydrogen-bond donors (Lipinski definition) is 2. The van der Waals surface area contributed by atoms with Gasteiger partial charge in [-0.25, -0.2) is 0 Å². The van der Waals surface area contributed by atoms with E-state index in [-0.39, 0.29) is 17.9 Å². The number of carbonyl (C=O) groups excluding carboxylic acids is 1. The van der Waals surface area contributed by atoms with Crippen molar-refractivity contribution in [2.24, 2.45) is 5.92 Å². The van der Waals surface area contributed by atoms with Gasteiger partial charge in [-0.2, -0.15) is 0 Å². The lowest BCUT2D eigenvalue weighted by molar-refractivity contribution is -0.126. The number of nitrogens with one attached hydrogen (secondary N) is 2. The second kappa shape index (κ2) is 7.08. The Hall–Kier alpha value is -1.35. The van der Waals surface area contributed by atoms with E-state index in [0.717, 1.165) is 19.4 Å². The van der Waals surface area contributed by atoms with Crippen LogP contribution in [0, 0.1) is 5.92 Å². The van der Waals surface area contributed by atoms with E-state index in [9.17, 15) is 4.79 Å². The minimum Gasteiger partial charge on any atom is -0.349 e. The number of piperidine rings is 1. The van der Waals surface area contributed by atoms with Gasteiger partial charge in [0, 0.05) is 12.0 Å². The van der Waals surface area contributed by atoms with Crippen molar-refractivity contribution in [2.45, 2.75) is 58.5 Å². The normalized spacial score (nSPS) is 23.9. The molecular formula is C18H28N2O. The summed E-state index contributed by atoms with van der Waals surface area (Å²) < 4.78 is 0. The molecule has 0 aromatic heterocycles. The van der Waals surface area contributed by atoms with Gasteiger partial charge in [0.15, 0.2) is 0 Å². The molecule has 1 aromatic carbocycles. The molecule has 116 valence electrons. The van der Waals surface area contributed by atoms with Crippen molar-refractivity contribution in [3.63, 3.8) is 0 Å². The van der Waals surface area contributed by atoms with Crippen molar-refractivity contribution in [1.82, 2.24) is 10.6 Å². The van der Waals surface area contributed by atoms with Crippen molar-refractivity contribution < 1.29 is 4.79 Å². The predicted octanol–water partition coefficient (Wildman–Crippen LogP) is 3.38. The van der Waals surface area contributed by atoms with E-state index in [2.05, 4.69) is 62.6 Å². The first-order valence-corrected chi connectivity index (χ1v) is 8.11. The highest BCUT2D eigenvalue weighted by Gasteiger charge is 2.25. The Balaban J connectivity index is 1.93. The number of hydrogen-bond acceptors (Lipinski definition) is 2. The molecule has 0 radical (unpaired) electrons. The summed E-state index contributed by atoms with van der Waals surface area (Å²) in [5.74, 6) is 0.891. The van der Waals surface area contributed by atoms with Crippen molar-refractivity contribution in [2.75, 3.05) is 6.54 Å². The molecule has 3 nitrogen and oxygen atoms in total. The predicted molar refractivity (Wildman–Crippen MR) is 87.3 cm³/mol. The van der Waals surface area contributed by atoms with E-state index in [1.54, 1.807) is 0 Å². The van der Waals surface area contributed by atoms with Gasteiger partial charge in [-0.1, -0.05) is 38.1 Å². The van der Waals surface area contributed by atoms with Gasteiger partial charge in [-0.3, -0.25) is 4.79 Å². The molecule has 0 saturated carbocycles. The lowest BCUT2D eigenvalue weighted by Gasteiger charge is -2.28. The summed E-state index contributed by atoms with van der Waals surface area (Å²) in [5, 5.41) is 6.56. The first-order chi connectivity index (χ1) is 9.97. The Kier molecular flexibility index (Phi) is 5.40. The third kappa shape index (κ3) is 4.31. The molecular weight excluding hydrogens is 260 g/mol. The second-order valence-electron chi connectivity index (χ2n) is 6.63. The summed E-state index contributed by atoms with van der Waals surface area (Å²) >= 11 is 0. The summed E-state index contributed by atoms with van der Waals surface area (Å²) in [6, 6.07) is 9.10. The van der Waals surface area contributed by atoms with Crippen molar-refractivity contribution in [1.29, 1.82) is 0 Å². The van der Waals surface area contributed by atoms with Crippen LogP contribution in [0.1, 0.15) is 63.6 Å². The highest BCUT2D eigenvalue weighted by Crippen LogP contribution is 2.21. The maximum atomic E-state index is 12.4. The van der Waals surface area contributed by atoms with Gasteiger partial charge in [-0.05, 0) is 50.3 Å². The molecule has 0 spiro atoms. The van der Waals surface area contributed by atoms with Gasteiger partial charge in [0.05, 0.1) is 6.04 Å². The van der Waals surface area contributed by atoms with Gasteiger partial charge in [-0.15, -0.1) is 0 Å². The van der Waals surface area contributed by atoms with Crippen LogP contribution in [0.5, 0.6) is 0 Å². The zero-order valence-corrected chi connectivity index (χ0v) is 13.6. The van der Waals surface area contributed by atoms with Crippen LogP contribution in [0.4, 0.5) is 0 Å². The van der Waals surface area contributed by atoms with E-state index in [0.29, 0.717) is 12.0 Å². The van der Waals surface area contributed by atoms with Crippen LogP contribution >= 0.6 is 0 Å². The Morgan fingerprint density at radius 3 is 2.38 bits per heavy atom. The van der Waals surface area contributed by atoms with E-state index in [4.69, 9.17) is 0 Å². The van der Waals surface area contributed by atoms with Crippen LogP contribution in [-0.4, -0.2) is 18.5 Å². The Bertz CT molecular complexity index is 467. The van der Waals surface area contributed by atoms with Gasteiger partial charge < -0.3 is 10.6 Å². The van der Waals surface area contributed by atoms with Crippen molar-refractivity contribution in [3.8, 4) is 0 Å². The molecule has 0 bridgehead atoms. The maximum absolute atomic E-state index is 12.4. The Morgan fingerprint density at radius 1 is 1.19 bits per heavy atom. The molecule has 1 amide bonds. The molecule has 1 fully saturated rings. The number of carbonyl (C=O) groups is 1. The minimum atomic E-state index is 0.0731. The van der Waals surface area contributed by atoms with Crippen LogP contribution in [0.15, 0.2) is 24.3 Å². The summed E-state index contributed by atoms with van der Waals surface area (Å²) in [6.45, 7) is 9.54. The van der Waals surface area contributed by atoms with E-state index in [1.807, 2.05) is 0 Å². The molecule has 3 heteroatoms. The molecule has 2 N–H and O–H groups in total. The number of amides is 1. The third-order valence-electron chi connectivity index (χ3n) is 4.46. The maximum Gasteiger partial charge on any atom is 0.223 e. The topological polar surface area (TPSA) is 41.1 Å². The minimum absolute atomic E-state index is 0.0731. The molecule has 1 aliphatic rings. The Morgan fingerprint density at radius 2 is 1.81 bits per heavy atom. The smallest absolute Gasteiger partial charge is 0.223 e. The highest BCUT2D eigenvalue weighted by atomic mass is 16.1. The summed E-state index contributed by atoms with van der Waals surface area (Å²) in [7, 11) is 0. The second-order valence-corrected chi connectivity index (χ2v) is 6.63. The Labute approximate surface area is 128 Å². The van der Waals surface area contributed by atoms with E-state index < -0.39 is 0 Å². The molecule has 0 aliphatic carbocycles. The average molecular weight is 288 g/mol. The van der Waals surface area contributed by atoms with Crippen LogP contribution in [-0.2, 0) is 4.79 Å². The van der Waals surface area contributed by atoms with Crippen molar-refractivity contribution in [3.05, 3.63) is 35.4 Å². The lowest BCUT2D eigenvalue weighted by atomic mass is 9.92. The van der Waals surface area contributed by atoms with Crippen LogP contribution in [0.3, 0.4) is 0 Å². The summed E-state index contributed by atoms with van der Waals surface area (Å²) in [5.41, 5.74) is 2.51. The van der Waals surface area contributed by atoms with Gasteiger partial charge >= 0.3 is 0 Å². The summed E-state index contributed by atoms with van der Waals surface area (Å²) in [6.07, 6.45) is 1.88. The fraction of sp³-hybridized carbons (Fsp3) is 0.611. The molecule has 3 atom stereocenters. The zero-order valence-electron chi connectivity index (χ0n) is 13.6. The summed E-state index contributed by atoms with van der Waals surface area (Å²) in [4.78, 5) is 12.4. The fourth-order valence-corrected chi connectivity index (χ4v) is 2.95. The molecule has 21 heavy (non-hydrogen) atoms. The zero-order chi connectivity index (χ0) is 15.4. The molecule has 1 aromatic rings. The first kappa shape index (κ1) is 16.0. The standard InChI is InChI=1S/C18H28N2O/c1-12(2)15-5-7-16(8-6-15)14(4)20-18(21)17-9-10-19-13(3)11-17/h5-8,12-14,17,19H,9-11H2,1-4H3,(H,20,21)/t13-,14?,17-/m0/s1. The van der Waals surface area contributed by atoms with Gasteiger partial charge in [0.25, 0.3) is 0 Å². The van der Waals surface area contributed by atoms with Crippen LogP contribution in [0.25, 0.3) is 0 Å². The lowest BCUT2D eigenvalue weighted by Crippen LogP contribution is -2.42. The molecule has 1 aliphatic heterocycles. The average Bonchev–Trinajstić information content (AvgIpc) is 2.47. The third-order valence-corrected chi connectivity index (χ3v) is 4.46. The molecule has 1 heterocycles. The highest BCUT2D eigenvalue weighted by molar-refractivity contribution is 5.79. The van der Waals surface area contributed by atoms with Crippen molar-refractivity contribution >= 4 is 5.91 Å². The first-order valence-electron chi connectivity index (χ1n) is 8.11. The van der Waals surface area contributed by atoms with Gasteiger partial charge in [0.2, 0.25) is 5.91 Å². The molecule has 2 rings (SSSR count). The van der Waals surface area contributed by atoms with E-state index in [1.165, 1.54) is 11.1 Å². The number of benzene rings is 1. The van der Waals surface area contributed by atoms with Gasteiger partial charge in [0.1, 0.15) is 0 Å². The SMILES string of the molecule is CC(C)c1ccc(C(C)NC(=O)[C@H]2CCN[C@@H](C)C2)cc1. The van der Waals surface area contributed by atoms with Crippen LogP contribution < -0.4 is 10.6 Å². The quantitative estimate of drug-likeness (QED) is 0.892. The fourth-order valence-electron chi connectivity index (χ4n) is 2.95.